The quantitative estimate of drug-likeness (QED) is 0.309. The number of carbonyl (C=O) groups excluding carboxylic acids is 1. The molecule has 2 aromatic rings. The highest BCUT2D eigenvalue weighted by molar-refractivity contribution is 6.05. The number of ether oxygens (including phenoxy) is 3. The maximum absolute atomic E-state index is 12.9. The summed E-state index contributed by atoms with van der Waals surface area (Å²) in [5.41, 5.74) is 4.31. The summed E-state index contributed by atoms with van der Waals surface area (Å²) in [6.07, 6.45) is -1.61. The van der Waals surface area contributed by atoms with E-state index in [-0.39, 0.29) is 12.4 Å². The number of amides is 1. The van der Waals surface area contributed by atoms with Gasteiger partial charge in [0, 0.05) is 18.4 Å². The molecule has 200 valence electrons. The topological polar surface area (TPSA) is 166 Å². The van der Waals surface area contributed by atoms with E-state index in [4.69, 9.17) is 20.6 Å². The van der Waals surface area contributed by atoms with Crippen molar-refractivity contribution in [2.24, 2.45) is 10.2 Å². The molecule has 5 atom stereocenters. The number of aliphatic hydroxyl groups excluding tert-OH is 4. The normalized spacial score (nSPS) is 24.9. The second-order valence-corrected chi connectivity index (χ2v) is 8.50. The van der Waals surface area contributed by atoms with Gasteiger partial charge in [-0.2, -0.15) is 5.01 Å². The predicted octanol–water partition coefficient (Wildman–Crippen LogP) is 0.496. The molecule has 0 radical (unpaired) electrons. The second-order valence-electron chi connectivity index (χ2n) is 8.50. The van der Waals surface area contributed by atoms with E-state index in [9.17, 15) is 25.2 Å². The molecule has 0 aliphatic carbocycles. The molecule has 0 spiro atoms. The van der Waals surface area contributed by atoms with Crippen molar-refractivity contribution in [1.29, 1.82) is 0 Å². The monoisotopic (exact) mass is 524 g/mol. The van der Waals surface area contributed by atoms with Gasteiger partial charge in [0.1, 0.15) is 36.8 Å². The minimum Gasteiger partial charge on any atom is -0.462 e. The van der Waals surface area contributed by atoms with E-state index in [2.05, 4.69) is 21.5 Å². The zero-order chi connectivity index (χ0) is 27.1. The summed E-state index contributed by atoms with van der Waals surface area (Å²) in [7, 11) is 0. The van der Waals surface area contributed by atoms with Crippen molar-refractivity contribution in [3.05, 3.63) is 65.7 Å². The molecule has 2 aliphatic rings. The second kappa shape index (κ2) is 12.5. The lowest BCUT2D eigenvalue weighted by atomic mass is 9.99. The molecular weight excluding hydrogens is 496 g/mol. The molecule has 2 aliphatic heterocycles. The Morgan fingerprint density at radius 2 is 1.79 bits per heavy atom. The molecule has 5 unspecified atom stereocenters. The number of hydrogen-bond donors (Lipinski definition) is 5. The number of aliphatic hydroxyl groups is 4. The lowest BCUT2D eigenvalue weighted by molar-refractivity contribution is -0.277. The summed E-state index contributed by atoms with van der Waals surface area (Å²) < 4.78 is 16.4. The molecule has 4 rings (SSSR count). The molecule has 12 nitrogen and oxygen atoms in total. The largest absolute Gasteiger partial charge is 0.462 e. The number of rotatable bonds is 8. The molecule has 0 bridgehead atoms. The fraction of sp³-hybridized carbons (Fsp3) is 0.346. The highest BCUT2D eigenvalue weighted by Crippen LogP contribution is 2.24. The molecule has 1 fully saturated rings. The molecule has 1 saturated heterocycles. The zero-order valence-electron chi connectivity index (χ0n) is 20.3. The Morgan fingerprint density at radius 3 is 2.47 bits per heavy atom. The van der Waals surface area contributed by atoms with Gasteiger partial charge >= 0.3 is 6.09 Å². The highest BCUT2D eigenvalue weighted by atomic mass is 16.7. The summed E-state index contributed by atoms with van der Waals surface area (Å²) >= 11 is 0. The number of amidine groups is 2. The first-order valence-electron chi connectivity index (χ1n) is 11.8. The van der Waals surface area contributed by atoms with Crippen LogP contribution in [0.1, 0.15) is 24.0 Å². The molecule has 2 aromatic carbocycles. The number of carbonyl (C=O) groups is 1. The predicted molar refractivity (Wildman–Crippen MR) is 134 cm³/mol. The Kier molecular flexibility index (Phi) is 8.90. The van der Waals surface area contributed by atoms with Crippen LogP contribution in [0.5, 0.6) is 5.75 Å². The van der Waals surface area contributed by atoms with Crippen LogP contribution in [0, 0.1) is 12.3 Å². The fourth-order valence-corrected chi connectivity index (χ4v) is 3.73. The van der Waals surface area contributed by atoms with Crippen LogP contribution >= 0.6 is 0 Å². The number of benzene rings is 2. The van der Waals surface area contributed by atoms with E-state index < -0.39 is 43.4 Å². The Bertz CT molecular complexity index is 1200. The Hall–Kier alpha value is -3.99. The van der Waals surface area contributed by atoms with Gasteiger partial charge in [-0.15, -0.1) is 22.5 Å². The van der Waals surface area contributed by atoms with Gasteiger partial charge in [-0.25, -0.2) is 4.79 Å². The van der Waals surface area contributed by atoms with E-state index in [1.54, 1.807) is 24.3 Å². The van der Waals surface area contributed by atoms with Crippen LogP contribution in [0.25, 0.3) is 0 Å². The van der Waals surface area contributed by atoms with Gasteiger partial charge in [-0.1, -0.05) is 42.5 Å². The summed E-state index contributed by atoms with van der Waals surface area (Å²) in [5.74, 6) is 3.49. The third-order valence-corrected chi connectivity index (χ3v) is 5.85. The molecular formula is C26H28N4O8. The van der Waals surface area contributed by atoms with Crippen LogP contribution in [-0.4, -0.2) is 80.5 Å². The molecule has 0 aromatic heterocycles. The van der Waals surface area contributed by atoms with Crippen molar-refractivity contribution in [1.82, 2.24) is 10.4 Å². The number of hydrogen-bond acceptors (Lipinski definition) is 11. The summed E-state index contributed by atoms with van der Waals surface area (Å²) in [6.45, 7) is -0.633. The highest BCUT2D eigenvalue weighted by Gasteiger charge is 2.44. The number of terminal acetylenes is 1. The molecule has 2 heterocycles. The van der Waals surface area contributed by atoms with E-state index in [0.29, 0.717) is 30.1 Å². The average molecular weight is 525 g/mol. The SMILES string of the molecule is C#CCCC1=NN=C(c2ccccc2)NN1C(=O)OCc1ccc(OC2OC(CO)C(O)C(O)C2O)cc1. The number of nitrogens with zero attached hydrogens (tertiary/aromatic N) is 3. The standard InChI is InChI=1S/C26H28N4O8/c1-2-3-9-20-27-28-24(17-7-5-4-6-8-17)29-30(20)26(35)36-15-16-10-12-18(13-11-16)37-25-23(34)22(33)21(32)19(14-31)38-25/h1,4-8,10-13,19,21-23,25,31-34H,3,9,14-15H2,(H,28,29). The Balaban J connectivity index is 1.36. The van der Waals surface area contributed by atoms with Crippen LogP contribution < -0.4 is 10.2 Å². The molecule has 0 saturated carbocycles. The van der Waals surface area contributed by atoms with Crippen LogP contribution in [-0.2, 0) is 16.1 Å². The lowest BCUT2D eigenvalue weighted by Crippen LogP contribution is -2.60. The lowest BCUT2D eigenvalue weighted by Gasteiger charge is -2.39. The smallest absolute Gasteiger partial charge is 0.435 e. The molecule has 1 amide bonds. The molecule has 12 heteroatoms. The first kappa shape index (κ1) is 27.1. The average Bonchev–Trinajstić information content (AvgIpc) is 2.96. The third-order valence-electron chi connectivity index (χ3n) is 5.85. The van der Waals surface area contributed by atoms with Crippen molar-refractivity contribution < 1.29 is 39.4 Å². The maximum atomic E-state index is 12.9. The molecule has 5 N–H and O–H groups in total. The van der Waals surface area contributed by atoms with Crippen LogP contribution in [0.2, 0.25) is 0 Å². The third kappa shape index (κ3) is 6.28. The van der Waals surface area contributed by atoms with Crippen LogP contribution in [0.4, 0.5) is 4.79 Å². The Labute approximate surface area is 218 Å². The maximum Gasteiger partial charge on any atom is 0.435 e. The van der Waals surface area contributed by atoms with Crippen molar-refractivity contribution >= 4 is 17.8 Å². The van der Waals surface area contributed by atoms with Gasteiger partial charge in [0.05, 0.1) is 6.61 Å². The van der Waals surface area contributed by atoms with Crippen molar-refractivity contribution in [3.8, 4) is 18.1 Å². The van der Waals surface area contributed by atoms with Crippen molar-refractivity contribution in [3.63, 3.8) is 0 Å². The van der Waals surface area contributed by atoms with Crippen molar-refractivity contribution in [2.75, 3.05) is 6.61 Å². The first-order valence-corrected chi connectivity index (χ1v) is 11.8. The van der Waals surface area contributed by atoms with Gasteiger partial charge < -0.3 is 34.6 Å². The van der Waals surface area contributed by atoms with Gasteiger partial charge in [-0.05, 0) is 17.7 Å². The van der Waals surface area contributed by atoms with Crippen molar-refractivity contribution in [2.45, 2.75) is 50.2 Å². The zero-order valence-corrected chi connectivity index (χ0v) is 20.3. The van der Waals surface area contributed by atoms with Crippen LogP contribution in [0.15, 0.2) is 64.8 Å². The van der Waals surface area contributed by atoms with E-state index in [1.807, 2.05) is 30.3 Å². The minimum atomic E-state index is -1.55. The van der Waals surface area contributed by atoms with Gasteiger partial charge in [0.2, 0.25) is 6.29 Å². The summed E-state index contributed by atoms with van der Waals surface area (Å²) in [6, 6.07) is 15.6. The minimum absolute atomic E-state index is 0.0719. The fourth-order valence-electron chi connectivity index (χ4n) is 3.73. The summed E-state index contributed by atoms with van der Waals surface area (Å²) in [5, 5.41) is 48.7. The van der Waals surface area contributed by atoms with E-state index in [1.165, 1.54) is 5.01 Å². The van der Waals surface area contributed by atoms with Crippen LogP contribution in [0.3, 0.4) is 0 Å². The number of nitrogens with one attached hydrogen (secondary N) is 1. The van der Waals surface area contributed by atoms with Gasteiger partial charge in [-0.3, -0.25) is 5.43 Å². The van der Waals surface area contributed by atoms with Gasteiger partial charge in [0.25, 0.3) is 0 Å². The molecule has 38 heavy (non-hydrogen) atoms. The number of hydrazine groups is 1. The van der Waals surface area contributed by atoms with Gasteiger partial charge in [0.15, 0.2) is 11.7 Å². The van der Waals surface area contributed by atoms with E-state index in [0.717, 1.165) is 5.56 Å². The Morgan fingerprint density at radius 1 is 1.05 bits per heavy atom. The first-order chi connectivity index (χ1) is 18.4. The summed E-state index contributed by atoms with van der Waals surface area (Å²) in [4.78, 5) is 12.9. The van der Waals surface area contributed by atoms with E-state index >= 15 is 0 Å².